The molecule has 1 nitrogen and oxygen atoms in total. The Morgan fingerprint density at radius 3 is 2.25 bits per heavy atom. The van der Waals surface area contributed by atoms with Crippen molar-refractivity contribution in [3.05, 3.63) is 0 Å². The van der Waals surface area contributed by atoms with Gasteiger partial charge in [-0.05, 0) is 37.5 Å². The first-order valence-corrected chi connectivity index (χ1v) is 5.14. The molecule has 0 aromatic carbocycles. The SMILES string of the molecule is CCC12CCC(C)(CC1)CC2=O. The van der Waals surface area contributed by atoms with Gasteiger partial charge in [0.25, 0.3) is 0 Å². The van der Waals surface area contributed by atoms with E-state index in [1.807, 2.05) is 0 Å². The van der Waals surface area contributed by atoms with Crippen LogP contribution in [0.3, 0.4) is 0 Å². The van der Waals surface area contributed by atoms with Crippen molar-refractivity contribution < 1.29 is 4.79 Å². The van der Waals surface area contributed by atoms with E-state index >= 15 is 0 Å². The number of ketones is 1. The van der Waals surface area contributed by atoms with Gasteiger partial charge in [0.05, 0.1) is 0 Å². The van der Waals surface area contributed by atoms with E-state index in [1.54, 1.807) is 0 Å². The molecule has 0 aromatic rings. The van der Waals surface area contributed by atoms with Gasteiger partial charge in [-0.2, -0.15) is 0 Å². The van der Waals surface area contributed by atoms with Crippen molar-refractivity contribution in [1.29, 1.82) is 0 Å². The Bertz CT molecular complexity index is 209. The van der Waals surface area contributed by atoms with Crippen molar-refractivity contribution in [1.82, 2.24) is 0 Å². The third-order valence-corrected chi connectivity index (χ3v) is 4.27. The number of hydrogen-bond donors (Lipinski definition) is 0. The van der Waals surface area contributed by atoms with E-state index in [0.717, 1.165) is 12.8 Å². The minimum atomic E-state index is 0.123. The topological polar surface area (TPSA) is 17.1 Å². The summed E-state index contributed by atoms with van der Waals surface area (Å²) in [6.07, 6.45) is 6.83. The monoisotopic (exact) mass is 166 g/mol. The van der Waals surface area contributed by atoms with Crippen LogP contribution in [-0.2, 0) is 4.79 Å². The average molecular weight is 166 g/mol. The lowest BCUT2D eigenvalue weighted by atomic mass is 9.53. The number of carbonyl (C=O) groups excluding carboxylic acids is 1. The van der Waals surface area contributed by atoms with Gasteiger partial charge in [0.1, 0.15) is 5.78 Å². The molecule has 0 amide bonds. The van der Waals surface area contributed by atoms with Crippen LogP contribution in [0.4, 0.5) is 0 Å². The molecule has 0 atom stereocenters. The summed E-state index contributed by atoms with van der Waals surface area (Å²) >= 11 is 0. The van der Waals surface area contributed by atoms with Gasteiger partial charge in [-0.3, -0.25) is 4.79 Å². The lowest BCUT2D eigenvalue weighted by Gasteiger charge is -2.50. The van der Waals surface area contributed by atoms with E-state index in [4.69, 9.17) is 0 Å². The predicted molar refractivity (Wildman–Crippen MR) is 48.9 cm³/mol. The van der Waals surface area contributed by atoms with Crippen LogP contribution in [0.1, 0.15) is 52.4 Å². The molecule has 2 bridgehead atoms. The molecule has 0 aromatic heterocycles. The molecule has 0 spiro atoms. The van der Waals surface area contributed by atoms with Crippen LogP contribution in [0.15, 0.2) is 0 Å². The Morgan fingerprint density at radius 2 is 1.83 bits per heavy atom. The largest absolute Gasteiger partial charge is 0.299 e. The fraction of sp³-hybridized carbons (Fsp3) is 0.909. The van der Waals surface area contributed by atoms with Crippen LogP contribution in [-0.4, -0.2) is 5.78 Å². The van der Waals surface area contributed by atoms with Crippen LogP contribution in [0.5, 0.6) is 0 Å². The lowest BCUT2D eigenvalue weighted by Crippen LogP contribution is -2.46. The first-order valence-electron chi connectivity index (χ1n) is 5.14. The van der Waals surface area contributed by atoms with Crippen LogP contribution in [0.2, 0.25) is 0 Å². The van der Waals surface area contributed by atoms with E-state index < -0.39 is 0 Å². The second kappa shape index (κ2) is 2.34. The summed E-state index contributed by atoms with van der Waals surface area (Å²) in [6.45, 7) is 4.45. The predicted octanol–water partition coefficient (Wildman–Crippen LogP) is 2.94. The van der Waals surface area contributed by atoms with Gasteiger partial charge in [-0.25, -0.2) is 0 Å². The van der Waals surface area contributed by atoms with Gasteiger partial charge in [0.15, 0.2) is 0 Å². The van der Waals surface area contributed by atoms with Crippen molar-refractivity contribution in [3.63, 3.8) is 0 Å². The lowest BCUT2D eigenvalue weighted by molar-refractivity contribution is -0.143. The highest BCUT2D eigenvalue weighted by molar-refractivity contribution is 5.87. The molecule has 1 heteroatoms. The van der Waals surface area contributed by atoms with Gasteiger partial charge in [0, 0.05) is 11.8 Å². The fourth-order valence-electron chi connectivity index (χ4n) is 2.91. The number of hydrogen-bond acceptors (Lipinski definition) is 1. The molecule has 0 N–H and O–H groups in total. The zero-order chi connectivity index (χ0) is 8.82. The van der Waals surface area contributed by atoms with Crippen LogP contribution in [0, 0.1) is 10.8 Å². The van der Waals surface area contributed by atoms with Gasteiger partial charge < -0.3 is 0 Å². The maximum Gasteiger partial charge on any atom is 0.139 e. The molecule has 12 heavy (non-hydrogen) atoms. The molecule has 68 valence electrons. The van der Waals surface area contributed by atoms with Crippen molar-refractivity contribution in [2.24, 2.45) is 10.8 Å². The molecule has 0 radical (unpaired) electrons. The maximum absolute atomic E-state index is 11.8. The molecule has 3 fully saturated rings. The summed E-state index contributed by atoms with van der Waals surface area (Å²) in [4.78, 5) is 11.8. The van der Waals surface area contributed by atoms with Gasteiger partial charge in [-0.1, -0.05) is 13.8 Å². The van der Waals surface area contributed by atoms with Crippen LogP contribution in [0.25, 0.3) is 0 Å². The standard InChI is InChI=1S/C11H18O/c1-3-11-6-4-10(2,5-7-11)8-9(11)12/h3-8H2,1-2H3. The van der Waals surface area contributed by atoms with Crippen LogP contribution >= 0.6 is 0 Å². The van der Waals surface area contributed by atoms with Crippen molar-refractivity contribution in [2.75, 3.05) is 0 Å². The number of carbonyl (C=O) groups is 1. The zero-order valence-corrected chi connectivity index (χ0v) is 8.15. The summed E-state index contributed by atoms with van der Waals surface area (Å²) in [5.41, 5.74) is 0.506. The minimum absolute atomic E-state index is 0.123. The summed E-state index contributed by atoms with van der Waals surface area (Å²) in [5, 5.41) is 0. The summed E-state index contributed by atoms with van der Waals surface area (Å²) in [5.74, 6) is 0.560. The summed E-state index contributed by atoms with van der Waals surface area (Å²) in [6, 6.07) is 0. The van der Waals surface area contributed by atoms with E-state index in [1.165, 1.54) is 25.7 Å². The Labute approximate surface area is 74.5 Å². The normalized spacial score (nSPS) is 46.7. The third-order valence-electron chi connectivity index (χ3n) is 4.27. The first-order chi connectivity index (χ1) is 5.60. The quantitative estimate of drug-likeness (QED) is 0.585. The molecular formula is C11H18O. The molecule has 0 unspecified atom stereocenters. The third kappa shape index (κ3) is 0.949. The smallest absolute Gasteiger partial charge is 0.139 e. The number of rotatable bonds is 1. The molecule has 3 aliphatic rings. The second-order valence-corrected chi connectivity index (χ2v) is 5.04. The molecule has 0 heterocycles. The highest BCUT2D eigenvalue weighted by Gasteiger charge is 2.50. The Hall–Kier alpha value is -0.330. The minimum Gasteiger partial charge on any atom is -0.299 e. The summed E-state index contributed by atoms with van der Waals surface area (Å²) in [7, 11) is 0. The number of fused-ring (bicyclic) bond motifs is 3. The highest BCUT2D eigenvalue weighted by atomic mass is 16.1. The molecule has 3 saturated carbocycles. The summed E-state index contributed by atoms with van der Waals surface area (Å²) < 4.78 is 0. The van der Waals surface area contributed by atoms with Gasteiger partial charge in [-0.15, -0.1) is 0 Å². The van der Waals surface area contributed by atoms with E-state index in [2.05, 4.69) is 13.8 Å². The first kappa shape index (κ1) is 8.28. The fourth-order valence-corrected chi connectivity index (χ4v) is 2.91. The van der Waals surface area contributed by atoms with E-state index in [0.29, 0.717) is 11.2 Å². The van der Waals surface area contributed by atoms with Gasteiger partial charge in [0.2, 0.25) is 0 Å². The van der Waals surface area contributed by atoms with Crippen molar-refractivity contribution >= 4 is 5.78 Å². The highest BCUT2D eigenvalue weighted by Crippen LogP contribution is 2.55. The van der Waals surface area contributed by atoms with Gasteiger partial charge >= 0.3 is 0 Å². The Balaban J connectivity index is 2.26. The number of Topliss-reactive ketones (excluding diaryl/α,β-unsaturated/α-hetero) is 1. The van der Waals surface area contributed by atoms with Crippen molar-refractivity contribution in [3.8, 4) is 0 Å². The maximum atomic E-state index is 11.8. The molecule has 3 rings (SSSR count). The van der Waals surface area contributed by atoms with E-state index in [9.17, 15) is 4.79 Å². The molecule has 0 saturated heterocycles. The molecular weight excluding hydrogens is 148 g/mol. The Morgan fingerprint density at radius 1 is 1.25 bits per heavy atom. The second-order valence-electron chi connectivity index (χ2n) is 5.04. The Kier molecular flexibility index (Phi) is 1.61. The molecule has 3 aliphatic carbocycles. The average Bonchev–Trinajstić information content (AvgIpc) is 2.05. The van der Waals surface area contributed by atoms with Crippen molar-refractivity contribution in [2.45, 2.75) is 52.4 Å². The van der Waals surface area contributed by atoms with Crippen LogP contribution < -0.4 is 0 Å². The zero-order valence-electron chi connectivity index (χ0n) is 8.15. The van der Waals surface area contributed by atoms with E-state index in [-0.39, 0.29) is 5.41 Å². The molecule has 0 aliphatic heterocycles.